The molecule has 0 saturated carbocycles. The van der Waals surface area contributed by atoms with Gasteiger partial charge in [-0.05, 0) is 78.6 Å². The number of hydrogen-bond acceptors (Lipinski definition) is 4. The second-order valence-corrected chi connectivity index (χ2v) is 9.15. The molecule has 4 amide bonds. The van der Waals surface area contributed by atoms with Crippen LogP contribution in [0, 0.1) is 13.8 Å². The summed E-state index contributed by atoms with van der Waals surface area (Å²) in [7, 11) is 0. The Kier molecular flexibility index (Phi) is 6.86. The van der Waals surface area contributed by atoms with Crippen molar-refractivity contribution in [3.05, 3.63) is 98.0 Å². The van der Waals surface area contributed by atoms with Crippen LogP contribution in [0.15, 0.2) is 70.7 Å². The lowest BCUT2D eigenvalue weighted by molar-refractivity contribution is -0.122. The molecule has 172 valence electrons. The van der Waals surface area contributed by atoms with Crippen molar-refractivity contribution in [3.8, 4) is 5.75 Å². The van der Waals surface area contributed by atoms with Crippen LogP contribution in [0.2, 0.25) is 5.02 Å². The van der Waals surface area contributed by atoms with Gasteiger partial charge in [0, 0.05) is 4.47 Å². The Balaban J connectivity index is 1.55. The molecule has 0 radical (unpaired) electrons. The molecule has 4 rings (SSSR count). The van der Waals surface area contributed by atoms with Gasteiger partial charge in [-0.1, -0.05) is 51.8 Å². The maximum absolute atomic E-state index is 13.0. The zero-order chi connectivity index (χ0) is 24.4. The second-order valence-electron chi connectivity index (χ2n) is 7.83. The van der Waals surface area contributed by atoms with Crippen molar-refractivity contribution < 1.29 is 19.1 Å². The first-order valence-electron chi connectivity index (χ1n) is 10.4. The number of imide groups is 2. The highest BCUT2D eigenvalue weighted by atomic mass is 79.9. The number of rotatable bonds is 5. The van der Waals surface area contributed by atoms with Crippen molar-refractivity contribution in [1.29, 1.82) is 0 Å². The number of urea groups is 1. The van der Waals surface area contributed by atoms with Crippen LogP contribution in [-0.2, 0) is 16.2 Å². The summed E-state index contributed by atoms with van der Waals surface area (Å²) >= 11 is 9.71. The van der Waals surface area contributed by atoms with E-state index in [9.17, 15) is 14.4 Å². The smallest absolute Gasteiger partial charge is 0.335 e. The van der Waals surface area contributed by atoms with Gasteiger partial charge in [0.05, 0.1) is 10.7 Å². The van der Waals surface area contributed by atoms with E-state index in [1.807, 2.05) is 19.1 Å². The molecule has 8 heteroatoms. The Labute approximate surface area is 210 Å². The van der Waals surface area contributed by atoms with Crippen LogP contribution in [0.4, 0.5) is 10.5 Å². The molecule has 34 heavy (non-hydrogen) atoms. The largest absolute Gasteiger partial charge is 0.487 e. The molecule has 1 fully saturated rings. The first kappa shape index (κ1) is 23.7. The molecule has 0 bridgehead atoms. The van der Waals surface area contributed by atoms with Gasteiger partial charge >= 0.3 is 6.03 Å². The standard InChI is InChI=1S/C26H20BrClN2O4/c1-15-3-4-18(11-16(15)2)14-34-23-10-5-17(13-22(23)28)12-21-24(31)29-26(33)30(25(21)32)20-8-6-19(27)7-9-20/h3-13H,14H2,1-2H3,(H,29,31,33)/b21-12+. The van der Waals surface area contributed by atoms with Gasteiger partial charge in [0.15, 0.2) is 0 Å². The predicted octanol–water partition coefficient (Wildman–Crippen LogP) is 5.96. The number of barbiturate groups is 1. The highest BCUT2D eigenvalue weighted by Crippen LogP contribution is 2.29. The summed E-state index contributed by atoms with van der Waals surface area (Å²) in [6.07, 6.45) is 1.40. The van der Waals surface area contributed by atoms with E-state index in [0.29, 0.717) is 28.6 Å². The first-order chi connectivity index (χ1) is 16.2. The maximum Gasteiger partial charge on any atom is 0.335 e. The van der Waals surface area contributed by atoms with Gasteiger partial charge in [0.25, 0.3) is 11.8 Å². The lowest BCUT2D eigenvalue weighted by Crippen LogP contribution is -2.54. The highest BCUT2D eigenvalue weighted by Gasteiger charge is 2.36. The van der Waals surface area contributed by atoms with Crippen LogP contribution in [0.5, 0.6) is 5.75 Å². The molecule has 1 heterocycles. The van der Waals surface area contributed by atoms with Gasteiger partial charge < -0.3 is 4.74 Å². The number of nitrogens with zero attached hydrogens (tertiary/aromatic N) is 1. The molecule has 0 unspecified atom stereocenters. The minimum atomic E-state index is -0.803. The molecule has 6 nitrogen and oxygen atoms in total. The molecule has 1 saturated heterocycles. The van der Waals surface area contributed by atoms with E-state index in [1.54, 1.807) is 42.5 Å². The number of carbonyl (C=O) groups excluding carboxylic acids is 3. The fourth-order valence-corrected chi connectivity index (χ4v) is 3.93. The van der Waals surface area contributed by atoms with E-state index >= 15 is 0 Å². The van der Waals surface area contributed by atoms with E-state index in [2.05, 4.69) is 34.2 Å². The molecule has 0 atom stereocenters. The fourth-order valence-electron chi connectivity index (χ4n) is 3.43. The summed E-state index contributed by atoms with van der Waals surface area (Å²) in [5.41, 5.74) is 4.10. The molecule has 0 aromatic heterocycles. The Morgan fingerprint density at radius 1 is 0.971 bits per heavy atom. The molecule has 3 aromatic carbocycles. The third-order valence-corrected chi connectivity index (χ3v) is 6.24. The van der Waals surface area contributed by atoms with Crippen LogP contribution in [0.25, 0.3) is 6.08 Å². The average Bonchev–Trinajstić information content (AvgIpc) is 2.79. The number of halogens is 2. The van der Waals surface area contributed by atoms with Crippen molar-refractivity contribution in [2.45, 2.75) is 20.5 Å². The van der Waals surface area contributed by atoms with E-state index < -0.39 is 17.8 Å². The number of aryl methyl sites for hydroxylation is 2. The summed E-state index contributed by atoms with van der Waals surface area (Å²) in [5, 5.41) is 2.54. The number of benzene rings is 3. The summed E-state index contributed by atoms with van der Waals surface area (Å²) in [5.74, 6) is -1.01. The highest BCUT2D eigenvalue weighted by molar-refractivity contribution is 9.10. The molecule has 1 N–H and O–H groups in total. The van der Waals surface area contributed by atoms with Crippen LogP contribution in [-0.4, -0.2) is 17.8 Å². The summed E-state index contributed by atoms with van der Waals surface area (Å²) < 4.78 is 6.64. The topological polar surface area (TPSA) is 75.7 Å². The lowest BCUT2D eigenvalue weighted by atomic mass is 10.1. The lowest BCUT2D eigenvalue weighted by Gasteiger charge is -2.26. The molecular formula is C26H20BrClN2O4. The van der Waals surface area contributed by atoms with Crippen molar-refractivity contribution in [3.63, 3.8) is 0 Å². The number of hydrogen-bond donors (Lipinski definition) is 1. The van der Waals surface area contributed by atoms with Gasteiger partial charge in [-0.15, -0.1) is 0 Å². The normalized spacial score (nSPS) is 15.0. The van der Waals surface area contributed by atoms with Crippen molar-refractivity contribution in [1.82, 2.24) is 5.32 Å². The van der Waals surface area contributed by atoms with Crippen LogP contribution in [0.3, 0.4) is 0 Å². The first-order valence-corrected chi connectivity index (χ1v) is 11.6. The number of nitrogens with one attached hydrogen (secondary N) is 1. The summed E-state index contributed by atoms with van der Waals surface area (Å²) in [6, 6.07) is 16.9. The predicted molar refractivity (Wildman–Crippen MR) is 135 cm³/mol. The Morgan fingerprint density at radius 2 is 1.71 bits per heavy atom. The van der Waals surface area contributed by atoms with Gasteiger partial charge in [-0.2, -0.15) is 0 Å². The summed E-state index contributed by atoms with van der Waals surface area (Å²) in [6.45, 7) is 4.45. The second kappa shape index (κ2) is 9.83. The minimum absolute atomic E-state index is 0.178. The number of amides is 4. The van der Waals surface area contributed by atoms with Crippen LogP contribution in [0.1, 0.15) is 22.3 Å². The number of anilines is 1. The van der Waals surface area contributed by atoms with Crippen LogP contribution < -0.4 is 15.0 Å². The minimum Gasteiger partial charge on any atom is -0.487 e. The number of ether oxygens (including phenoxy) is 1. The fraction of sp³-hybridized carbons (Fsp3) is 0.115. The Hall–Kier alpha value is -3.42. The van der Waals surface area contributed by atoms with Crippen molar-refractivity contribution in [2.75, 3.05) is 4.90 Å². The molecule has 0 aliphatic carbocycles. The Bertz CT molecular complexity index is 1340. The van der Waals surface area contributed by atoms with Crippen molar-refractivity contribution in [2.24, 2.45) is 0 Å². The van der Waals surface area contributed by atoms with Crippen LogP contribution >= 0.6 is 27.5 Å². The molecule has 3 aromatic rings. The number of carbonyl (C=O) groups is 3. The van der Waals surface area contributed by atoms with Gasteiger partial charge in [-0.3, -0.25) is 14.9 Å². The maximum atomic E-state index is 13.0. The SMILES string of the molecule is Cc1ccc(COc2ccc(/C=C3\C(=O)NC(=O)N(c4ccc(Br)cc4)C3=O)cc2Cl)cc1C. The molecular weight excluding hydrogens is 520 g/mol. The molecule has 1 aliphatic rings. The third kappa shape index (κ3) is 5.05. The van der Waals surface area contributed by atoms with E-state index in [0.717, 1.165) is 14.9 Å². The van der Waals surface area contributed by atoms with E-state index in [1.165, 1.54) is 17.2 Å². The van der Waals surface area contributed by atoms with Gasteiger partial charge in [0.2, 0.25) is 0 Å². The van der Waals surface area contributed by atoms with Gasteiger partial charge in [0.1, 0.15) is 17.9 Å². The monoisotopic (exact) mass is 538 g/mol. The van der Waals surface area contributed by atoms with E-state index in [4.69, 9.17) is 16.3 Å². The Morgan fingerprint density at radius 3 is 2.38 bits per heavy atom. The molecule has 1 aliphatic heterocycles. The zero-order valence-corrected chi connectivity index (χ0v) is 20.7. The third-order valence-electron chi connectivity index (χ3n) is 5.42. The van der Waals surface area contributed by atoms with Gasteiger partial charge in [-0.25, -0.2) is 9.69 Å². The summed E-state index contributed by atoms with van der Waals surface area (Å²) in [4.78, 5) is 38.6. The average molecular weight is 540 g/mol. The zero-order valence-electron chi connectivity index (χ0n) is 18.4. The van der Waals surface area contributed by atoms with Crippen molar-refractivity contribution >= 4 is 57.1 Å². The molecule has 0 spiro atoms. The quantitative estimate of drug-likeness (QED) is 0.320. The van der Waals surface area contributed by atoms with E-state index in [-0.39, 0.29) is 5.57 Å².